The van der Waals surface area contributed by atoms with Gasteiger partial charge in [0.25, 0.3) is 0 Å². The van der Waals surface area contributed by atoms with Gasteiger partial charge in [-0.05, 0) is 38.8 Å². The minimum atomic E-state index is 0.271. The van der Waals surface area contributed by atoms with Crippen molar-refractivity contribution in [3.8, 4) is 5.69 Å². The van der Waals surface area contributed by atoms with Gasteiger partial charge in [0.15, 0.2) is 10.8 Å². The van der Waals surface area contributed by atoms with Crippen molar-refractivity contribution in [1.82, 2.24) is 19.7 Å². The summed E-state index contributed by atoms with van der Waals surface area (Å²) >= 11 is 1.71. The minimum Gasteiger partial charge on any atom is -0.344 e. The van der Waals surface area contributed by atoms with Crippen LogP contribution in [0.1, 0.15) is 36.9 Å². The predicted octanol–water partition coefficient (Wildman–Crippen LogP) is 3.94. The molecule has 3 aromatic rings. The summed E-state index contributed by atoms with van der Waals surface area (Å²) in [6.45, 7) is 7.44. The smallest absolute Gasteiger partial charge is 0.225 e. The zero-order chi connectivity index (χ0) is 20.0. The molecule has 6 nitrogen and oxygen atoms in total. The fraction of sp³-hybridized carbons (Fsp3) is 0.500. The molecule has 1 aliphatic carbocycles. The second kappa shape index (κ2) is 7.44. The Morgan fingerprint density at radius 2 is 1.72 bits per heavy atom. The van der Waals surface area contributed by atoms with Gasteiger partial charge < -0.3 is 9.80 Å². The number of aryl methyl sites for hydroxylation is 2. The first-order valence-electron chi connectivity index (χ1n) is 10.6. The first kappa shape index (κ1) is 18.6. The lowest BCUT2D eigenvalue weighted by molar-refractivity contribution is -0.135. The topological polar surface area (TPSA) is 54.3 Å². The molecule has 1 aliphatic heterocycles. The lowest BCUT2D eigenvalue weighted by Gasteiger charge is -2.35. The highest BCUT2D eigenvalue weighted by Gasteiger charge is 2.30. The summed E-state index contributed by atoms with van der Waals surface area (Å²) in [6.07, 6.45) is 4.57. The van der Waals surface area contributed by atoms with Crippen LogP contribution in [0.5, 0.6) is 0 Å². The molecule has 0 atom stereocenters. The van der Waals surface area contributed by atoms with Crippen molar-refractivity contribution < 1.29 is 4.79 Å². The highest BCUT2D eigenvalue weighted by molar-refractivity contribution is 7.22. The fourth-order valence-electron chi connectivity index (χ4n) is 4.47. The Morgan fingerprint density at radius 3 is 2.41 bits per heavy atom. The molecule has 1 amide bonds. The number of anilines is 1. The van der Waals surface area contributed by atoms with E-state index in [1.807, 2.05) is 11.6 Å². The molecule has 29 heavy (non-hydrogen) atoms. The molecule has 2 aromatic heterocycles. The van der Waals surface area contributed by atoms with Gasteiger partial charge in [-0.3, -0.25) is 4.79 Å². The summed E-state index contributed by atoms with van der Waals surface area (Å²) in [5.41, 5.74) is 4.21. The van der Waals surface area contributed by atoms with E-state index in [4.69, 9.17) is 10.1 Å². The van der Waals surface area contributed by atoms with Crippen LogP contribution in [-0.2, 0) is 4.79 Å². The van der Waals surface area contributed by atoms with E-state index in [2.05, 4.69) is 41.0 Å². The Bertz CT molecular complexity index is 1020. The molecule has 2 aliphatic rings. The molecule has 0 spiro atoms. The van der Waals surface area contributed by atoms with Crippen LogP contribution in [0.25, 0.3) is 16.0 Å². The summed E-state index contributed by atoms with van der Waals surface area (Å²) < 4.78 is 3.09. The van der Waals surface area contributed by atoms with Crippen LogP contribution in [0, 0.1) is 19.8 Å². The molecule has 0 N–H and O–H groups in total. The lowest BCUT2D eigenvalue weighted by atomic mass is 10.1. The molecule has 1 saturated heterocycles. The van der Waals surface area contributed by atoms with Crippen LogP contribution in [-0.4, -0.2) is 51.8 Å². The number of carbonyl (C=O) groups is 1. The molecule has 7 heteroatoms. The Labute approximate surface area is 175 Å². The van der Waals surface area contributed by atoms with Gasteiger partial charge in [-0.25, -0.2) is 4.68 Å². The van der Waals surface area contributed by atoms with Gasteiger partial charge in [0.2, 0.25) is 5.91 Å². The Balaban J connectivity index is 1.34. The molecule has 3 heterocycles. The lowest BCUT2D eigenvalue weighted by Crippen LogP contribution is -2.50. The number of benzene rings is 1. The van der Waals surface area contributed by atoms with Gasteiger partial charge in [0, 0.05) is 32.1 Å². The zero-order valence-corrected chi connectivity index (χ0v) is 17.9. The number of fused-ring (bicyclic) bond motifs is 1. The van der Waals surface area contributed by atoms with Crippen molar-refractivity contribution in [2.75, 3.05) is 31.1 Å². The first-order valence-corrected chi connectivity index (χ1v) is 11.4. The standard InChI is InChI=1S/C22H27N5OS/c1-15-7-9-18(10-8-15)27-20-19(16(2)24-27)29-22(23-20)26-13-11-25(12-14-26)21(28)17-5-3-4-6-17/h7-10,17H,3-6,11-14H2,1-2H3. The molecule has 5 rings (SSSR count). The average molecular weight is 410 g/mol. The predicted molar refractivity (Wildman–Crippen MR) is 117 cm³/mol. The second-order valence-electron chi connectivity index (χ2n) is 8.28. The third-order valence-electron chi connectivity index (χ3n) is 6.22. The normalized spacial score (nSPS) is 18.1. The van der Waals surface area contributed by atoms with E-state index in [1.54, 1.807) is 11.3 Å². The molecule has 0 radical (unpaired) electrons. The molecule has 1 saturated carbocycles. The summed E-state index contributed by atoms with van der Waals surface area (Å²) in [5.74, 6) is 0.643. The average Bonchev–Trinajstić information content (AvgIpc) is 3.47. The summed E-state index contributed by atoms with van der Waals surface area (Å²) in [5, 5.41) is 5.74. The van der Waals surface area contributed by atoms with Crippen LogP contribution >= 0.6 is 11.3 Å². The molecular formula is C22H27N5OS. The Kier molecular flexibility index (Phi) is 4.78. The third-order valence-corrected chi connectivity index (χ3v) is 7.44. The van der Waals surface area contributed by atoms with Crippen molar-refractivity contribution in [2.24, 2.45) is 5.92 Å². The summed E-state index contributed by atoms with van der Waals surface area (Å²) in [7, 11) is 0. The number of aromatic nitrogens is 3. The van der Waals surface area contributed by atoms with Crippen LogP contribution in [0.15, 0.2) is 24.3 Å². The van der Waals surface area contributed by atoms with Gasteiger partial charge in [-0.1, -0.05) is 41.9 Å². The summed E-state index contributed by atoms with van der Waals surface area (Å²) in [4.78, 5) is 22.0. The van der Waals surface area contributed by atoms with Gasteiger partial charge in [-0.15, -0.1) is 0 Å². The van der Waals surface area contributed by atoms with E-state index in [0.717, 1.165) is 65.9 Å². The molecule has 2 fully saturated rings. The first-order chi connectivity index (χ1) is 14.1. The fourth-order valence-corrected chi connectivity index (χ4v) is 5.51. The second-order valence-corrected chi connectivity index (χ2v) is 9.25. The van der Waals surface area contributed by atoms with E-state index in [-0.39, 0.29) is 5.92 Å². The number of nitrogens with zero attached hydrogens (tertiary/aromatic N) is 5. The number of piperazine rings is 1. The van der Waals surface area contributed by atoms with Crippen molar-refractivity contribution in [2.45, 2.75) is 39.5 Å². The Hall–Kier alpha value is -2.41. The van der Waals surface area contributed by atoms with E-state index in [0.29, 0.717) is 5.91 Å². The molecule has 0 unspecified atom stereocenters. The molecule has 1 aromatic carbocycles. The highest BCUT2D eigenvalue weighted by atomic mass is 32.1. The third kappa shape index (κ3) is 3.41. The summed E-state index contributed by atoms with van der Waals surface area (Å²) in [6, 6.07) is 8.39. The van der Waals surface area contributed by atoms with Crippen LogP contribution in [0.4, 0.5) is 5.13 Å². The van der Waals surface area contributed by atoms with Crippen molar-refractivity contribution >= 4 is 32.7 Å². The largest absolute Gasteiger partial charge is 0.344 e. The van der Waals surface area contributed by atoms with Crippen molar-refractivity contribution in [3.05, 3.63) is 35.5 Å². The quantitative estimate of drug-likeness (QED) is 0.658. The monoisotopic (exact) mass is 409 g/mol. The van der Waals surface area contributed by atoms with Gasteiger partial charge in [0.05, 0.1) is 16.1 Å². The maximum atomic E-state index is 12.7. The van der Waals surface area contributed by atoms with Gasteiger partial charge >= 0.3 is 0 Å². The number of carbonyl (C=O) groups excluding carboxylic acids is 1. The van der Waals surface area contributed by atoms with Crippen LogP contribution < -0.4 is 4.90 Å². The van der Waals surface area contributed by atoms with E-state index >= 15 is 0 Å². The SMILES string of the molecule is Cc1ccc(-n2nc(C)c3sc(N4CCN(C(=O)C5CCCC5)CC4)nc32)cc1. The zero-order valence-electron chi connectivity index (χ0n) is 17.1. The molecule has 0 bridgehead atoms. The van der Waals surface area contributed by atoms with Crippen molar-refractivity contribution in [1.29, 1.82) is 0 Å². The number of amides is 1. The van der Waals surface area contributed by atoms with Crippen LogP contribution in [0.3, 0.4) is 0 Å². The minimum absolute atomic E-state index is 0.271. The Morgan fingerprint density at radius 1 is 1.03 bits per heavy atom. The maximum absolute atomic E-state index is 12.7. The molecular weight excluding hydrogens is 382 g/mol. The van der Waals surface area contributed by atoms with E-state index in [9.17, 15) is 4.79 Å². The van der Waals surface area contributed by atoms with Crippen LogP contribution in [0.2, 0.25) is 0 Å². The maximum Gasteiger partial charge on any atom is 0.225 e. The highest BCUT2D eigenvalue weighted by Crippen LogP contribution is 2.33. The number of hydrogen-bond acceptors (Lipinski definition) is 5. The number of thiazole rings is 1. The van der Waals surface area contributed by atoms with Crippen molar-refractivity contribution in [3.63, 3.8) is 0 Å². The van der Waals surface area contributed by atoms with E-state index in [1.165, 1.54) is 18.4 Å². The number of hydrogen-bond donors (Lipinski definition) is 0. The number of rotatable bonds is 3. The molecule has 152 valence electrons. The van der Waals surface area contributed by atoms with Gasteiger partial charge in [0.1, 0.15) is 0 Å². The van der Waals surface area contributed by atoms with E-state index < -0.39 is 0 Å². The van der Waals surface area contributed by atoms with Gasteiger partial charge in [-0.2, -0.15) is 10.1 Å².